The first-order valence-electron chi connectivity index (χ1n) is 9.72. The zero-order valence-corrected chi connectivity index (χ0v) is 20.3. The summed E-state index contributed by atoms with van der Waals surface area (Å²) in [5.74, 6) is 0. The van der Waals surface area contributed by atoms with Gasteiger partial charge in [-0.05, 0) is 0 Å². The Bertz CT molecular complexity index is 251. The quantitative estimate of drug-likeness (QED) is 0.120. The smallest absolute Gasteiger partial charge is 0.160 e. The van der Waals surface area contributed by atoms with Gasteiger partial charge < -0.3 is 27.7 Å². The molecule has 2 nitrogen and oxygen atoms in total. The average molecular weight is 478 g/mol. The summed E-state index contributed by atoms with van der Waals surface area (Å²) in [5, 5.41) is 0. The van der Waals surface area contributed by atoms with Crippen LogP contribution in [0.25, 0.3) is 0 Å². The third kappa shape index (κ3) is 38.9. The van der Waals surface area contributed by atoms with Crippen LogP contribution in [0.1, 0.15) is 104 Å². The van der Waals surface area contributed by atoms with E-state index in [-0.39, 0.29) is 0 Å². The summed E-state index contributed by atoms with van der Waals surface area (Å²) in [7, 11) is 0. The Morgan fingerprint density at radius 1 is 0.667 bits per heavy atom. The minimum Gasteiger partial charge on any atom is -0.850 e. The van der Waals surface area contributed by atoms with Crippen LogP contribution in [0.5, 0.6) is 0 Å². The normalized spacial score (nSPS) is 10.9. The summed E-state index contributed by atoms with van der Waals surface area (Å²) in [6, 6.07) is 0. The zero-order valence-electron chi connectivity index (χ0n) is 15.8. The first kappa shape index (κ1) is 27.8. The van der Waals surface area contributed by atoms with E-state index in [1.54, 1.807) is 22.5 Å². The molecule has 0 spiro atoms. The molecule has 0 rings (SSSR count). The van der Waals surface area contributed by atoms with Gasteiger partial charge in [0.1, 0.15) is 0 Å². The van der Waals surface area contributed by atoms with Gasteiger partial charge in [-0.2, -0.15) is 11.8 Å². The zero-order chi connectivity index (χ0) is 18.5. The maximum Gasteiger partial charge on any atom is -0.160 e. The third-order valence-electron chi connectivity index (χ3n) is 3.78. The van der Waals surface area contributed by atoms with Crippen LogP contribution in [0.2, 0.25) is 9.62 Å². The molecule has 0 unspecified atom stereocenters. The van der Waals surface area contributed by atoms with Crippen molar-refractivity contribution < 1.29 is 28.3 Å². The molecule has 0 radical (unpaired) electrons. The number of hydrogen-bond acceptors (Lipinski definition) is 4. The van der Waals surface area contributed by atoms with E-state index in [2.05, 4.69) is 37.9 Å². The van der Waals surface area contributed by atoms with Crippen molar-refractivity contribution in [2.45, 2.75) is 113 Å². The molecule has 0 saturated heterocycles. The van der Waals surface area contributed by atoms with Gasteiger partial charge >= 0.3 is 132 Å². The molecule has 0 aliphatic rings. The van der Waals surface area contributed by atoms with Crippen molar-refractivity contribution >= 4 is 29.7 Å². The molecule has 6 heteroatoms. The van der Waals surface area contributed by atoms with Gasteiger partial charge in [0.05, 0.1) is 0 Å². The molecule has 0 fully saturated rings. The Balaban J connectivity index is 0. The second-order valence-electron chi connectivity index (χ2n) is 6.30. The molecule has 0 heterocycles. The van der Waals surface area contributed by atoms with E-state index < -0.39 is 5.69 Å². The van der Waals surface area contributed by atoms with E-state index in [9.17, 15) is 9.79 Å². The van der Waals surface area contributed by atoms with Gasteiger partial charge in [0, 0.05) is 0 Å². The van der Waals surface area contributed by atoms with E-state index in [1.165, 1.54) is 77.0 Å². The minimum atomic E-state index is -3.72. The van der Waals surface area contributed by atoms with E-state index in [4.69, 9.17) is 0 Å². The van der Waals surface area contributed by atoms with E-state index in [0.29, 0.717) is 18.6 Å². The van der Waals surface area contributed by atoms with Gasteiger partial charge in [0.25, 0.3) is 0 Å². The van der Waals surface area contributed by atoms with Crippen molar-refractivity contribution in [1.82, 2.24) is 0 Å². The predicted molar refractivity (Wildman–Crippen MR) is 107 cm³/mol. The summed E-state index contributed by atoms with van der Waals surface area (Å²) >= 11 is 7.68. The van der Waals surface area contributed by atoms with Crippen LogP contribution in [-0.4, -0.2) is 0 Å². The van der Waals surface area contributed by atoms with E-state index >= 15 is 0 Å². The minimum absolute atomic E-state index is 0.398. The Hall–Kier alpha value is 1.61. The molecular formula is C18H38MoO2PS2. The topological polar surface area (TPSA) is 46.1 Å². The maximum absolute atomic E-state index is 9.29. The van der Waals surface area contributed by atoms with E-state index in [1.807, 2.05) is 0 Å². The fourth-order valence-electron chi connectivity index (χ4n) is 2.42. The van der Waals surface area contributed by atoms with Gasteiger partial charge in [0.15, 0.2) is 0 Å². The standard InChI is InChI=1S/2C9H19.Mo.H3O2PS2/c2*1-3-5-7-9-8-6-4-2;;1-3(2,4)5/h2*1,3-9H2,2H3;;(H3,1,2,4,5)/q;;+3;/p-3. The fourth-order valence-corrected chi connectivity index (χ4v) is 4.93. The Labute approximate surface area is 170 Å². The first-order valence-corrected chi connectivity index (χ1v) is 16.2. The van der Waals surface area contributed by atoms with E-state index in [0.717, 1.165) is 0 Å². The SMILES string of the molecule is CCCCCCCC[CH2][Mo+3][CH2]CCCCCCCC.[O-]P([O-])(=S)[S-]. The molecule has 24 heavy (non-hydrogen) atoms. The largest absolute Gasteiger partial charge is 0.850 e. The van der Waals surface area contributed by atoms with Crippen LogP contribution in [0.3, 0.4) is 0 Å². The van der Waals surface area contributed by atoms with Crippen molar-refractivity contribution in [3.63, 3.8) is 0 Å². The first-order chi connectivity index (χ1) is 11.4. The Morgan fingerprint density at radius 2 is 0.917 bits per heavy atom. The molecule has 0 aromatic heterocycles. The van der Waals surface area contributed by atoms with Crippen LogP contribution >= 0.6 is 5.69 Å². The molecular weight excluding hydrogens is 439 g/mol. The fraction of sp³-hybridized carbons (Fsp3) is 1.00. The summed E-state index contributed by atoms with van der Waals surface area (Å²) < 4.78 is 0. The number of hydrogen-bond donors (Lipinski definition) is 0. The van der Waals surface area contributed by atoms with Crippen LogP contribution in [-0.2, 0) is 42.6 Å². The molecule has 0 bridgehead atoms. The molecule has 0 aliphatic carbocycles. The molecule has 0 aliphatic heterocycles. The van der Waals surface area contributed by atoms with Crippen molar-refractivity contribution in [3.8, 4) is 0 Å². The molecule has 145 valence electrons. The van der Waals surface area contributed by atoms with Gasteiger partial charge in [0.2, 0.25) is 0 Å². The third-order valence-corrected chi connectivity index (χ3v) is 6.62. The van der Waals surface area contributed by atoms with Crippen LogP contribution < -0.4 is 9.79 Å². The Morgan fingerprint density at radius 3 is 1.21 bits per heavy atom. The molecule has 0 amide bonds. The monoisotopic (exact) mass is 479 g/mol. The second kappa shape index (κ2) is 22.6. The van der Waals surface area contributed by atoms with Crippen LogP contribution in [0.4, 0.5) is 0 Å². The summed E-state index contributed by atoms with van der Waals surface area (Å²) in [5.41, 5.74) is -3.72. The van der Waals surface area contributed by atoms with Gasteiger partial charge in [-0.1, -0.05) is 0 Å². The van der Waals surface area contributed by atoms with Crippen molar-refractivity contribution in [3.05, 3.63) is 0 Å². The second-order valence-corrected chi connectivity index (χ2v) is 13.8. The molecule has 0 atom stereocenters. The van der Waals surface area contributed by atoms with Gasteiger partial charge in [-0.3, -0.25) is 0 Å². The van der Waals surface area contributed by atoms with Gasteiger partial charge in [-0.15, -0.1) is 0 Å². The average Bonchev–Trinajstić information content (AvgIpc) is 2.49. The number of unbranched alkanes of at least 4 members (excludes halogenated alkanes) is 12. The van der Waals surface area contributed by atoms with Crippen molar-refractivity contribution in [2.24, 2.45) is 0 Å². The summed E-state index contributed by atoms with van der Waals surface area (Å²) in [4.78, 5) is 21.8. The molecule has 0 aromatic carbocycles. The van der Waals surface area contributed by atoms with Crippen molar-refractivity contribution in [1.29, 1.82) is 0 Å². The van der Waals surface area contributed by atoms with Crippen LogP contribution in [0, 0.1) is 0 Å². The molecule has 0 N–H and O–H groups in total. The van der Waals surface area contributed by atoms with Crippen LogP contribution in [0.15, 0.2) is 0 Å². The summed E-state index contributed by atoms with van der Waals surface area (Å²) in [6.45, 7) is 4.60. The molecule has 0 aromatic rings. The summed E-state index contributed by atoms with van der Waals surface area (Å²) in [6.07, 6.45) is 20.7. The maximum atomic E-state index is 9.29. The Kier molecular flexibility index (Phi) is 26.3. The number of rotatable bonds is 16. The predicted octanol–water partition coefficient (Wildman–Crippen LogP) is 5.89. The van der Waals surface area contributed by atoms with Gasteiger partial charge in [-0.25, -0.2) is 0 Å². The molecule has 0 saturated carbocycles. The van der Waals surface area contributed by atoms with Crippen molar-refractivity contribution in [2.75, 3.05) is 0 Å².